The minimum Gasteiger partial charge on any atom is -0.496 e. The summed E-state index contributed by atoms with van der Waals surface area (Å²) < 4.78 is 10.7. The molecule has 0 saturated carbocycles. The first-order valence-electron chi connectivity index (χ1n) is 8.37. The molecular weight excluding hydrogens is 322 g/mol. The molecule has 0 aromatic heterocycles. The van der Waals surface area contributed by atoms with Crippen LogP contribution in [-0.2, 0) is 16.0 Å². The largest absolute Gasteiger partial charge is 0.496 e. The first-order valence-corrected chi connectivity index (χ1v) is 8.37. The molecule has 1 aliphatic rings. The van der Waals surface area contributed by atoms with Gasteiger partial charge < -0.3 is 25.0 Å². The summed E-state index contributed by atoms with van der Waals surface area (Å²) in [4.78, 5) is 27.3. The molecule has 0 bridgehead atoms. The van der Waals surface area contributed by atoms with Gasteiger partial charge in [-0.1, -0.05) is 0 Å². The molecule has 1 aromatic carbocycles. The van der Waals surface area contributed by atoms with E-state index in [0.29, 0.717) is 31.9 Å². The minimum absolute atomic E-state index is 0.134. The molecule has 138 valence electrons. The van der Waals surface area contributed by atoms with E-state index in [1.54, 1.807) is 12.0 Å². The molecule has 1 fully saturated rings. The van der Waals surface area contributed by atoms with Gasteiger partial charge in [-0.2, -0.15) is 0 Å². The smallest absolute Gasteiger partial charge is 0.410 e. The summed E-state index contributed by atoms with van der Waals surface area (Å²) in [6, 6.07) is 5.72. The van der Waals surface area contributed by atoms with Gasteiger partial charge >= 0.3 is 6.09 Å². The molecule has 0 radical (unpaired) electrons. The van der Waals surface area contributed by atoms with Gasteiger partial charge in [0.2, 0.25) is 5.91 Å². The third-order valence-corrected chi connectivity index (χ3v) is 3.93. The van der Waals surface area contributed by atoms with E-state index >= 15 is 0 Å². The molecule has 2 N–H and O–H groups in total. The summed E-state index contributed by atoms with van der Waals surface area (Å²) in [6.45, 7) is 8.15. The normalized spacial score (nSPS) is 15.0. The Labute approximate surface area is 148 Å². The van der Waals surface area contributed by atoms with Crippen LogP contribution in [0.15, 0.2) is 18.2 Å². The van der Waals surface area contributed by atoms with E-state index < -0.39 is 11.5 Å². The van der Waals surface area contributed by atoms with Gasteiger partial charge in [-0.3, -0.25) is 4.79 Å². The highest BCUT2D eigenvalue weighted by Gasteiger charge is 2.26. The van der Waals surface area contributed by atoms with E-state index in [-0.39, 0.29) is 12.5 Å². The number of hydrogen-bond acceptors (Lipinski definition) is 5. The number of hydrogen-bond donors (Lipinski definition) is 1. The summed E-state index contributed by atoms with van der Waals surface area (Å²) in [5.41, 5.74) is 6.57. The lowest BCUT2D eigenvalue weighted by atomic mass is 10.1. The Morgan fingerprint density at radius 2 is 1.80 bits per heavy atom. The van der Waals surface area contributed by atoms with Crippen molar-refractivity contribution in [3.05, 3.63) is 23.8 Å². The van der Waals surface area contributed by atoms with Crippen molar-refractivity contribution < 1.29 is 19.1 Å². The maximum Gasteiger partial charge on any atom is 0.410 e. The average molecular weight is 349 g/mol. The lowest BCUT2D eigenvalue weighted by molar-refractivity contribution is -0.117. The van der Waals surface area contributed by atoms with Gasteiger partial charge in [-0.15, -0.1) is 0 Å². The SMILES string of the molecule is COc1ccc(N2CCN(C(=O)OC(C)(C)C)CC2)cc1CC(N)=O. The number of nitrogens with zero attached hydrogens (tertiary/aromatic N) is 2. The van der Waals surface area contributed by atoms with Gasteiger partial charge in [0.25, 0.3) is 0 Å². The number of carbonyl (C=O) groups is 2. The van der Waals surface area contributed by atoms with E-state index in [0.717, 1.165) is 11.3 Å². The van der Waals surface area contributed by atoms with E-state index in [9.17, 15) is 9.59 Å². The zero-order valence-electron chi connectivity index (χ0n) is 15.4. The first-order chi connectivity index (χ1) is 11.7. The topological polar surface area (TPSA) is 85.1 Å². The summed E-state index contributed by atoms with van der Waals surface area (Å²) in [5.74, 6) is 0.250. The highest BCUT2D eigenvalue weighted by Crippen LogP contribution is 2.26. The Kier molecular flexibility index (Phi) is 5.77. The van der Waals surface area contributed by atoms with Crippen molar-refractivity contribution in [2.24, 2.45) is 5.73 Å². The number of nitrogens with two attached hydrogens (primary N) is 1. The van der Waals surface area contributed by atoms with Crippen molar-refractivity contribution in [1.82, 2.24) is 4.90 Å². The number of carbonyl (C=O) groups excluding carboxylic acids is 2. The van der Waals surface area contributed by atoms with Crippen LogP contribution in [0.5, 0.6) is 5.75 Å². The zero-order chi connectivity index (χ0) is 18.6. The molecule has 7 heteroatoms. The van der Waals surface area contributed by atoms with Gasteiger partial charge in [-0.05, 0) is 39.0 Å². The molecule has 25 heavy (non-hydrogen) atoms. The van der Waals surface area contributed by atoms with E-state index in [1.807, 2.05) is 39.0 Å². The van der Waals surface area contributed by atoms with Gasteiger partial charge in [0.15, 0.2) is 0 Å². The van der Waals surface area contributed by atoms with Crippen molar-refractivity contribution in [2.45, 2.75) is 32.8 Å². The molecule has 7 nitrogen and oxygen atoms in total. The summed E-state index contributed by atoms with van der Waals surface area (Å²) >= 11 is 0. The Bertz CT molecular complexity index is 632. The van der Waals surface area contributed by atoms with Crippen LogP contribution in [-0.4, -0.2) is 55.8 Å². The molecule has 0 atom stereocenters. The second kappa shape index (κ2) is 7.63. The van der Waals surface area contributed by atoms with Crippen LogP contribution in [0, 0.1) is 0 Å². The maximum atomic E-state index is 12.1. The Balaban J connectivity index is 2.03. The van der Waals surface area contributed by atoms with Gasteiger partial charge in [0.1, 0.15) is 11.4 Å². The molecule has 1 saturated heterocycles. The molecule has 1 heterocycles. The first kappa shape index (κ1) is 18.9. The highest BCUT2D eigenvalue weighted by atomic mass is 16.6. The molecular formula is C18H27N3O4. The number of piperazine rings is 1. The molecule has 0 unspecified atom stereocenters. The highest BCUT2D eigenvalue weighted by molar-refractivity contribution is 5.78. The summed E-state index contributed by atoms with van der Waals surface area (Å²) in [6.07, 6.45) is -0.147. The molecule has 1 aromatic rings. The number of ether oxygens (including phenoxy) is 2. The van der Waals surface area contributed by atoms with Gasteiger partial charge in [0, 0.05) is 37.4 Å². The van der Waals surface area contributed by atoms with Crippen molar-refractivity contribution in [2.75, 3.05) is 38.2 Å². The van der Waals surface area contributed by atoms with Crippen LogP contribution in [0.1, 0.15) is 26.3 Å². The number of benzene rings is 1. The minimum atomic E-state index is -0.492. The standard InChI is InChI=1S/C18H27N3O4/c1-18(2,3)25-17(23)21-9-7-20(8-10-21)14-5-6-15(24-4)13(11-14)12-16(19)22/h5-6,11H,7-10,12H2,1-4H3,(H2,19,22). The fraction of sp³-hybridized carbons (Fsp3) is 0.556. The quantitative estimate of drug-likeness (QED) is 0.895. The second-order valence-corrected chi connectivity index (χ2v) is 7.09. The number of primary amides is 1. The number of methoxy groups -OCH3 is 1. The van der Waals surface area contributed by atoms with Crippen LogP contribution in [0.25, 0.3) is 0 Å². The second-order valence-electron chi connectivity index (χ2n) is 7.09. The Morgan fingerprint density at radius 1 is 1.16 bits per heavy atom. The number of rotatable bonds is 4. The summed E-state index contributed by atoms with van der Waals surface area (Å²) in [5, 5.41) is 0. The average Bonchev–Trinajstić information content (AvgIpc) is 2.53. The third kappa shape index (κ3) is 5.27. The molecule has 2 amide bonds. The van der Waals surface area contributed by atoms with E-state index in [4.69, 9.17) is 15.2 Å². The van der Waals surface area contributed by atoms with Crippen molar-refractivity contribution >= 4 is 17.7 Å². The fourth-order valence-electron chi connectivity index (χ4n) is 2.76. The van der Waals surface area contributed by atoms with E-state index in [1.165, 1.54) is 0 Å². The monoisotopic (exact) mass is 349 g/mol. The van der Waals surface area contributed by atoms with E-state index in [2.05, 4.69) is 4.90 Å². The lowest BCUT2D eigenvalue weighted by Crippen LogP contribution is -2.50. The molecule has 0 spiro atoms. The van der Waals surface area contributed by atoms with Crippen LogP contribution in [0.3, 0.4) is 0 Å². The predicted molar refractivity (Wildman–Crippen MR) is 95.9 cm³/mol. The Morgan fingerprint density at radius 3 is 2.32 bits per heavy atom. The summed E-state index contributed by atoms with van der Waals surface area (Å²) in [7, 11) is 1.57. The third-order valence-electron chi connectivity index (χ3n) is 3.93. The van der Waals surface area contributed by atoms with Crippen LogP contribution < -0.4 is 15.4 Å². The number of amides is 2. The molecule has 2 rings (SSSR count). The molecule has 0 aliphatic carbocycles. The number of anilines is 1. The van der Waals surface area contributed by atoms with Crippen molar-refractivity contribution in [3.8, 4) is 5.75 Å². The fourth-order valence-corrected chi connectivity index (χ4v) is 2.76. The van der Waals surface area contributed by atoms with Crippen molar-refractivity contribution in [1.29, 1.82) is 0 Å². The zero-order valence-corrected chi connectivity index (χ0v) is 15.4. The lowest BCUT2D eigenvalue weighted by Gasteiger charge is -2.37. The molecule has 1 aliphatic heterocycles. The van der Waals surface area contributed by atoms with Crippen molar-refractivity contribution in [3.63, 3.8) is 0 Å². The predicted octanol–water partition coefficient (Wildman–Crippen LogP) is 1.78. The van der Waals surface area contributed by atoms with Crippen LogP contribution in [0.4, 0.5) is 10.5 Å². The van der Waals surface area contributed by atoms with Gasteiger partial charge in [-0.25, -0.2) is 4.79 Å². The van der Waals surface area contributed by atoms with Crippen LogP contribution >= 0.6 is 0 Å². The van der Waals surface area contributed by atoms with Gasteiger partial charge in [0.05, 0.1) is 13.5 Å². The van der Waals surface area contributed by atoms with Crippen LogP contribution in [0.2, 0.25) is 0 Å². The maximum absolute atomic E-state index is 12.1. The Hall–Kier alpha value is -2.44.